The molecule has 0 radical (unpaired) electrons. The second-order valence-electron chi connectivity index (χ2n) is 7.30. The van der Waals surface area contributed by atoms with E-state index < -0.39 is 0 Å². The van der Waals surface area contributed by atoms with Crippen molar-refractivity contribution in [1.82, 2.24) is 15.5 Å². The van der Waals surface area contributed by atoms with E-state index in [1.54, 1.807) is 43.3 Å². The molecule has 2 amide bonds. The van der Waals surface area contributed by atoms with Crippen LogP contribution in [0.2, 0.25) is 0 Å². The molecule has 1 aromatic rings. The van der Waals surface area contributed by atoms with Crippen LogP contribution in [0.3, 0.4) is 0 Å². The Labute approximate surface area is 163 Å². The number of carbonyl (C=O) groups is 2. The molecule has 6 nitrogen and oxygen atoms in total. The highest BCUT2D eigenvalue weighted by molar-refractivity contribution is 5.99. The molecule has 0 aliphatic rings. The van der Waals surface area contributed by atoms with E-state index in [4.69, 9.17) is 4.74 Å². The lowest BCUT2D eigenvalue weighted by molar-refractivity contribution is 0.0745. The van der Waals surface area contributed by atoms with E-state index in [1.165, 1.54) is 0 Å². The van der Waals surface area contributed by atoms with Gasteiger partial charge in [0.05, 0.1) is 6.61 Å². The van der Waals surface area contributed by atoms with Gasteiger partial charge in [-0.2, -0.15) is 0 Å². The van der Waals surface area contributed by atoms with Crippen molar-refractivity contribution in [3.05, 3.63) is 35.4 Å². The van der Waals surface area contributed by atoms with Gasteiger partial charge in [0.15, 0.2) is 0 Å². The monoisotopic (exact) mass is 385 g/mol. The van der Waals surface area contributed by atoms with Crippen molar-refractivity contribution in [3.8, 4) is 0 Å². The van der Waals surface area contributed by atoms with E-state index in [-0.39, 0.29) is 29.6 Å². The third-order valence-corrected chi connectivity index (χ3v) is 3.50. The van der Waals surface area contributed by atoms with Crippen LogP contribution >= 0.6 is 12.4 Å². The molecule has 7 heteroatoms. The van der Waals surface area contributed by atoms with Crippen LogP contribution in [0.5, 0.6) is 0 Å². The topological polar surface area (TPSA) is 70.7 Å². The molecule has 0 aliphatic carbocycles. The zero-order chi connectivity index (χ0) is 18.9. The van der Waals surface area contributed by atoms with Gasteiger partial charge in [-0.05, 0) is 23.6 Å². The number of ether oxygens (including phenoxy) is 1. The minimum atomic E-state index is -0.179. The summed E-state index contributed by atoms with van der Waals surface area (Å²) in [6.07, 6.45) is 0. The Morgan fingerprint density at radius 3 is 2.38 bits per heavy atom. The van der Waals surface area contributed by atoms with Gasteiger partial charge in [0, 0.05) is 51.5 Å². The van der Waals surface area contributed by atoms with E-state index in [9.17, 15) is 9.59 Å². The Morgan fingerprint density at radius 2 is 1.77 bits per heavy atom. The predicted octanol–water partition coefficient (Wildman–Crippen LogP) is 2.19. The molecule has 0 atom stereocenters. The quantitative estimate of drug-likeness (QED) is 0.639. The van der Waals surface area contributed by atoms with Crippen LogP contribution in [-0.4, -0.2) is 63.7 Å². The Morgan fingerprint density at radius 1 is 1.12 bits per heavy atom. The molecule has 0 spiro atoms. The van der Waals surface area contributed by atoms with Crippen LogP contribution in [0.4, 0.5) is 0 Å². The fraction of sp³-hybridized carbons (Fsp3) is 0.579. The van der Waals surface area contributed by atoms with E-state index in [1.807, 2.05) is 0 Å². The lowest BCUT2D eigenvalue weighted by Crippen LogP contribution is -2.35. The summed E-state index contributed by atoms with van der Waals surface area (Å²) in [4.78, 5) is 26.4. The average Bonchev–Trinajstić information content (AvgIpc) is 2.55. The van der Waals surface area contributed by atoms with Gasteiger partial charge in [-0.3, -0.25) is 9.59 Å². The van der Waals surface area contributed by atoms with Gasteiger partial charge in [0.25, 0.3) is 11.8 Å². The molecule has 1 rings (SSSR count). The maximum Gasteiger partial charge on any atom is 0.253 e. The lowest BCUT2D eigenvalue weighted by atomic mass is 9.96. The first-order valence-electron chi connectivity index (χ1n) is 8.58. The average molecular weight is 386 g/mol. The Bertz CT molecular complexity index is 573. The van der Waals surface area contributed by atoms with E-state index in [0.717, 1.165) is 6.54 Å². The van der Waals surface area contributed by atoms with Gasteiger partial charge in [0.2, 0.25) is 0 Å². The van der Waals surface area contributed by atoms with Crippen molar-refractivity contribution >= 4 is 24.2 Å². The molecule has 0 unspecified atom stereocenters. The fourth-order valence-corrected chi connectivity index (χ4v) is 2.46. The molecule has 1 aromatic carbocycles. The van der Waals surface area contributed by atoms with Gasteiger partial charge in [0.1, 0.15) is 0 Å². The zero-order valence-electron chi connectivity index (χ0n) is 16.4. The number of hydrogen-bond acceptors (Lipinski definition) is 4. The number of halogens is 1. The van der Waals surface area contributed by atoms with Gasteiger partial charge in [-0.25, -0.2) is 0 Å². The molecule has 2 N–H and O–H groups in total. The molecular formula is C19H32ClN3O3. The maximum absolute atomic E-state index is 12.5. The largest absolute Gasteiger partial charge is 0.383 e. The summed E-state index contributed by atoms with van der Waals surface area (Å²) < 4.78 is 4.94. The summed E-state index contributed by atoms with van der Waals surface area (Å²) in [6, 6.07) is 6.85. The molecule has 0 aromatic heterocycles. The summed E-state index contributed by atoms with van der Waals surface area (Å²) in [5.74, 6) is -0.257. The number of nitrogens with zero attached hydrogens (tertiary/aromatic N) is 1. The van der Waals surface area contributed by atoms with Crippen molar-refractivity contribution in [2.75, 3.05) is 46.9 Å². The number of rotatable bonds is 9. The van der Waals surface area contributed by atoms with Gasteiger partial charge in [-0.15, -0.1) is 12.4 Å². The standard InChI is InChI=1S/C19H31N3O3.ClH/c1-19(2,3)14-22(4)18(24)16-8-6-7-15(13-16)17(23)21-10-9-20-11-12-25-5;/h6-8,13,20H,9-12,14H2,1-5H3,(H,21,23);1H. The maximum atomic E-state index is 12.5. The lowest BCUT2D eigenvalue weighted by Gasteiger charge is -2.26. The Balaban J connectivity index is 0.00000625. The molecule has 0 saturated carbocycles. The first-order valence-corrected chi connectivity index (χ1v) is 8.58. The molecule has 0 fully saturated rings. The molecule has 0 aliphatic heterocycles. The number of nitrogens with one attached hydrogen (secondary N) is 2. The van der Waals surface area contributed by atoms with Crippen LogP contribution in [0.1, 0.15) is 41.5 Å². The van der Waals surface area contributed by atoms with Crippen molar-refractivity contribution in [3.63, 3.8) is 0 Å². The highest BCUT2D eigenvalue weighted by atomic mass is 35.5. The number of benzene rings is 1. The van der Waals surface area contributed by atoms with Crippen molar-refractivity contribution < 1.29 is 14.3 Å². The predicted molar refractivity (Wildman–Crippen MR) is 107 cm³/mol. The Hall–Kier alpha value is -1.63. The third kappa shape index (κ3) is 9.17. The molecular weight excluding hydrogens is 354 g/mol. The summed E-state index contributed by atoms with van der Waals surface area (Å²) in [5.41, 5.74) is 1.04. The second-order valence-corrected chi connectivity index (χ2v) is 7.30. The second kappa shape index (κ2) is 11.9. The first-order chi connectivity index (χ1) is 11.7. The van der Waals surface area contributed by atoms with Crippen LogP contribution in [-0.2, 0) is 4.74 Å². The smallest absolute Gasteiger partial charge is 0.253 e. The number of methoxy groups -OCH3 is 1. The molecule has 148 valence electrons. The normalized spacial score (nSPS) is 10.8. The summed E-state index contributed by atoms with van der Waals surface area (Å²) in [5, 5.41) is 6.00. The minimum Gasteiger partial charge on any atom is -0.383 e. The third-order valence-electron chi connectivity index (χ3n) is 3.50. The van der Waals surface area contributed by atoms with Crippen molar-refractivity contribution in [2.45, 2.75) is 20.8 Å². The van der Waals surface area contributed by atoms with E-state index in [0.29, 0.717) is 37.4 Å². The number of amides is 2. The van der Waals surface area contributed by atoms with Crippen LogP contribution in [0.15, 0.2) is 24.3 Å². The number of carbonyl (C=O) groups excluding carboxylic acids is 2. The summed E-state index contributed by atoms with van der Waals surface area (Å²) in [6.45, 7) is 9.47. The number of hydrogen-bond donors (Lipinski definition) is 2. The van der Waals surface area contributed by atoms with Crippen molar-refractivity contribution in [2.24, 2.45) is 5.41 Å². The van der Waals surface area contributed by atoms with Crippen LogP contribution < -0.4 is 10.6 Å². The van der Waals surface area contributed by atoms with Gasteiger partial charge in [-0.1, -0.05) is 26.8 Å². The Kier molecular flexibility index (Phi) is 11.1. The van der Waals surface area contributed by atoms with E-state index in [2.05, 4.69) is 31.4 Å². The molecule has 0 saturated heterocycles. The highest BCUT2D eigenvalue weighted by Gasteiger charge is 2.19. The van der Waals surface area contributed by atoms with Crippen LogP contribution in [0, 0.1) is 5.41 Å². The highest BCUT2D eigenvalue weighted by Crippen LogP contribution is 2.16. The molecule has 26 heavy (non-hydrogen) atoms. The molecule has 0 bridgehead atoms. The summed E-state index contributed by atoms with van der Waals surface area (Å²) >= 11 is 0. The summed E-state index contributed by atoms with van der Waals surface area (Å²) in [7, 11) is 3.43. The zero-order valence-corrected chi connectivity index (χ0v) is 17.2. The van der Waals surface area contributed by atoms with Gasteiger partial charge >= 0.3 is 0 Å². The van der Waals surface area contributed by atoms with Crippen molar-refractivity contribution in [1.29, 1.82) is 0 Å². The first kappa shape index (κ1) is 24.4. The van der Waals surface area contributed by atoms with E-state index >= 15 is 0 Å². The fourth-order valence-electron chi connectivity index (χ4n) is 2.46. The minimum absolute atomic E-state index is 0. The SMILES string of the molecule is COCCNCCNC(=O)c1cccc(C(=O)N(C)CC(C)(C)C)c1.Cl. The van der Waals surface area contributed by atoms with Gasteiger partial charge < -0.3 is 20.3 Å². The molecule has 0 heterocycles. The van der Waals surface area contributed by atoms with Crippen LogP contribution in [0.25, 0.3) is 0 Å².